The van der Waals surface area contributed by atoms with Crippen LogP contribution in [0.1, 0.15) is 40.0 Å². The van der Waals surface area contributed by atoms with Crippen LogP contribution < -0.4 is 0 Å². The molecule has 98 valence electrons. The van der Waals surface area contributed by atoms with Crippen molar-refractivity contribution in [1.82, 2.24) is 4.90 Å². The largest absolute Gasteiger partial charge is 0.299 e. The molecule has 0 aromatic heterocycles. The van der Waals surface area contributed by atoms with E-state index in [-0.39, 0.29) is 0 Å². The standard InChI is InChI=1S/C15H27NS/c1-5-9-10-12-16(11-6-2)13-14(7-3)15(17)8-4/h5,7-8,17H,1,6,9-13H2,2-4H3/b14-7-,15-8+. The fourth-order valence-electron chi connectivity index (χ4n) is 1.79. The Labute approximate surface area is 113 Å². The summed E-state index contributed by atoms with van der Waals surface area (Å²) in [6, 6.07) is 0. The van der Waals surface area contributed by atoms with Crippen LogP contribution >= 0.6 is 12.6 Å². The molecule has 1 nitrogen and oxygen atoms in total. The number of hydrogen-bond donors (Lipinski definition) is 1. The normalized spacial score (nSPS) is 13.2. The molecule has 0 unspecified atom stereocenters. The van der Waals surface area contributed by atoms with Crippen LogP contribution in [0.5, 0.6) is 0 Å². The van der Waals surface area contributed by atoms with Gasteiger partial charge in [-0.05, 0) is 51.8 Å². The minimum Gasteiger partial charge on any atom is -0.299 e. The second-order valence-corrected chi connectivity index (χ2v) is 4.68. The van der Waals surface area contributed by atoms with E-state index in [2.05, 4.69) is 50.1 Å². The Hall–Kier alpha value is -0.470. The van der Waals surface area contributed by atoms with Crippen molar-refractivity contribution in [1.29, 1.82) is 0 Å². The lowest BCUT2D eigenvalue weighted by molar-refractivity contribution is 0.295. The lowest BCUT2D eigenvalue weighted by atomic mass is 10.2. The van der Waals surface area contributed by atoms with Gasteiger partial charge in [-0.15, -0.1) is 19.2 Å². The third-order valence-corrected chi connectivity index (χ3v) is 3.31. The quantitative estimate of drug-likeness (QED) is 0.275. The third-order valence-electron chi connectivity index (χ3n) is 2.77. The molecule has 0 aromatic rings. The van der Waals surface area contributed by atoms with Crippen molar-refractivity contribution < 1.29 is 0 Å². The van der Waals surface area contributed by atoms with Crippen LogP contribution in [-0.2, 0) is 0 Å². The van der Waals surface area contributed by atoms with Gasteiger partial charge in [0.2, 0.25) is 0 Å². The summed E-state index contributed by atoms with van der Waals surface area (Å²) in [5.74, 6) is 0. The zero-order valence-corrected chi connectivity index (χ0v) is 12.5. The summed E-state index contributed by atoms with van der Waals surface area (Å²) in [5.41, 5.74) is 1.32. The number of nitrogens with zero attached hydrogens (tertiary/aromatic N) is 1. The van der Waals surface area contributed by atoms with Gasteiger partial charge in [-0.3, -0.25) is 4.90 Å². The van der Waals surface area contributed by atoms with Gasteiger partial charge in [0, 0.05) is 11.4 Å². The first-order chi connectivity index (χ1) is 8.19. The molecule has 0 aromatic carbocycles. The van der Waals surface area contributed by atoms with Gasteiger partial charge in [0.25, 0.3) is 0 Å². The second-order valence-electron chi connectivity index (χ2n) is 4.19. The average Bonchev–Trinajstić information content (AvgIpc) is 2.35. The lowest BCUT2D eigenvalue weighted by Crippen LogP contribution is -2.28. The summed E-state index contributed by atoms with van der Waals surface area (Å²) in [7, 11) is 0. The van der Waals surface area contributed by atoms with Crippen molar-refractivity contribution >= 4 is 12.6 Å². The summed E-state index contributed by atoms with van der Waals surface area (Å²) in [6.07, 6.45) is 9.71. The predicted octanol–water partition coefficient (Wildman–Crippen LogP) is 4.44. The van der Waals surface area contributed by atoms with E-state index < -0.39 is 0 Å². The maximum Gasteiger partial charge on any atom is 0.0241 e. The highest BCUT2D eigenvalue weighted by molar-refractivity contribution is 7.84. The van der Waals surface area contributed by atoms with Gasteiger partial charge in [0.1, 0.15) is 0 Å². The highest BCUT2D eigenvalue weighted by Crippen LogP contribution is 2.16. The summed E-state index contributed by atoms with van der Waals surface area (Å²) < 4.78 is 0. The molecular weight excluding hydrogens is 226 g/mol. The van der Waals surface area contributed by atoms with Crippen LogP contribution in [0.15, 0.2) is 35.3 Å². The first-order valence-electron chi connectivity index (χ1n) is 6.53. The zero-order valence-electron chi connectivity index (χ0n) is 11.6. The number of unbranched alkanes of at least 4 members (excludes halogenated alkanes) is 1. The topological polar surface area (TPSA) is 3.24 Å². The van der Waals surface area contributed by atoms with Crippen molar-refractivity contribution in [3.8, 4) is 0 Å². The molecule has 0 N–H and O–H groups in total. The molecule has 0 aliphatic heterocycles. The first kappa shape index (κ1) is 16.5. The summed E-state index contributed by atoms with van der Waals surface area (Å²) in [5, 5.41) is 0. The van der Waals surface area contributed by atoms with Gasteiger partial charge >= 0.3 is 0 Å². The molecule has 0 bridgehead atoms. The number of hydrogen-bond acceptors (Lipinski definition) is 2. The smallest absolute Gasteiger partial charge is 0.0241 e. The molecule has 0 amide bonds. The lowest BCUT2D eigenvalue weighted by Gasteiger charge is -2.23. The molecule has 0 radical (unpaired) electrons. The van der Waals surface area contributed by atoms with Gasteiger partial charge in [-0.25, -0.2) is 0 Å². The molecule has 0 fully saturated rings. The summed E-state index contributed by atoms with van der Waals surface area (Å²) in [4.78, 5) is 3.59. The van der Waals surface area contributed by atoms with Gasteiger partial charge in [-0.2, -0.15) is 0 Å². The molecule has 0 aliphatic rings. The predicted molar refractivity (Wildman–Crippen MR) is 82.7 cm³/mol. The van der Waals surface area contributed by atoms with E-state index >= 15 is 0 Å². The fourth-order valence-corrected chi connectivity index (χ4v) is 1.99. The number of allylic oxidation sites excluding steroid dienone is 3. The molecule has 0 atom stereocenters. The van der Waals surface area contributed by atoms with Gasteiger partial charge in [0.05, 0.1) is 0 Å². The molecule has 2 heteroatoms. The summed E-state index contributed by atoms with van der Waals surface area (Å²) >= 11 is 4.51. The van der Waals surface area contributed by atoms with Crippen LogP contribution in [0.4, 0.5) is 0 Å². The Morgan fingerprint density at radius 3 is 2.41 bits per heavy atom. The molecule has 17 heavy (non-hydrogen) atoms. The van der Waals surface area contributed by atoms with Crippen molar-refractivity contribution in [3.05, 3.63) is 35.3 Å². The maximum atomic E-state index is 4.51. The van der Waals surface area contributed by atoms with E-state index in [0.717, 1.165) is 31.0 Å². The van der Waals surface area contributed by atoms with Crippen molar-refractivity contribution in [3.63, 3.8) is 0 Å². The van der Waals surface area contributed by atoms with Gasteiger partial charge in [0.15, 0.2) is 0 Å². The van der Waals surface area contributed by atoms with E-state index in [1.807, 2.05) is 13.0 Å². The van der Waals surface area contributed by atoms with Gasteiger partial charge < -0.3 is 0 Å². The van der Waals surface area contributed by atoms with Crippen LogP contribution in [0.25, 0.3) is 0 Å². The zero-order chi connectivity index (χ0) is 13.1. The Kier molecular flexibility index (Phi) is 10.4. The summed E-state index contributed by atoms with van der Waals surface area (Å²) in [6.45, 7) is 13.4. The molecule has 0 saturated carbocycles. The second kappa shape index (κ2) is 10.7. The molecule has 0 saturated heterocycles. The maximum absolute atomic E-state index is 4.51. The van der Waals surface area contributed by atoms with E-state index in [0.29, 0.717) is 0 Å². The Balaban J connectivity index is 4.35. The Bertz CT molecular complexity index is 266. The van der Waals surface area contributed by atoms with Crippen LogP contribution in [0, 0.1) is 0 Å². The van der Waals surface area contributed by atoms with Crippen LogP contribution in [0.2, 0.25) is 0 Å². The van der Waals surface area contributed by atoms with E-state index in [1.165, 1.54) is 18.4 Å². The van der Waals surface area contributed by atoms with Crippen molar-refractivity contribution in [2.24, 2.45) is 0 Å². The molecule has 0 rings (SSSR count). The van der Waals surface area contributed by atoms with Crippen molar-refractivity contribution in [2.75, 3.05) is 19.6 Å². The van der Waals surface area contributed by atoms with Crippen LogP contribution in [0.3, 0.4) is 0 Å². The Morgan fingerprint density at radius 1 is 1.24 bits per heavy atom. The molecule has 0 aliphatic carbocycles. The highest BCUT2D eigenvalue weighted by Gasteiger charge is 2.07. The van der Waals surface area contributed by atoms with E-state index in [9.17, 15) is 0 Å². The SMILES string of the molecule is C=CCCCN(CCC)CC(=C/C)/C(S)=C\C. The molecular formula is C15H27NS. The highest BCUT2D eigenvalue weighted by atomic mass is 32.1. The van der Waals surface area contributed by atoms with E-state index in [4.69, 9.17) is 0 Å². The number of thiol groups is 1. The van der Waals surface area contributed by atoms with Crippen LogP contribution in [-0.4, -0.2) is 24.5 Å². The number of rotatable bonds is 9. The minimum atomic E-state index is 1.00. The van der Waals surface area contributed by atoms with E-state index in [1.54, 1.807) is 0 Å². The van der Waals surface area contributed by atoms with Gasteiger partial charge in [-0.1, -0.05) is 25.2 Å². The average molecular weight is 253 g/mol. The molecule has 0 spiro atoms. The van der Waals surface area contributed by atoms with Crippen molar-refractivity contribution in [2.45, 2.75) is 40.0 Å². The fraction of sp³-hybridized carbons (Fsp3) is 0.600. The minimum absolute atomic E-state index is 1.00. The Morgan fingerprint density at radius 2 is 1.94 bits per heavy atom. The monoisotopic (exact) mass is 253 g/mol. The third kappa shape index (κ3) is 7.45. The first-order valence-corrected chi connectivity index (χ1v) is 6.98. The molecule has 0 heterocycles.